The fourth-order valence-corrected chi connectivity index (χ4v) is 8.57. The van der Waals surface area contributed by atoms with E-state index in [0.717, 1.165) is 51.5 Å². The highest BCUT2D eigenvalue weighted by Crippen LogP contribution is 2.47. The molecule has 1 N–H and O–H groups in total. The van der Waals surface area contributed by atoms with Gasteiger partial charge in [-0.2, -0.15) is 4.58 Å². The van der Waals surface area contributed by atoms with Gasteiger partial charge in [-0.3, -0.25) is 34.6 Å². The summed E-state index contributed by atoms with van der Waals surface area (Å²) < 4.78 is 2.16. The first-order valence-electron chi connectivity index (χ1n) is 18.3. The zero-order chi connectivity index (χ0) is 39.4. The number of benzene rings is 4. The highest BCUT2D eigenvalue weighted by atomic mass is 16.6. The van der Waals surface area contributed by atoms with Crippen LogP contribution in [0.25, 0.3) is 22.9 Å². The van der Waals surface area contributed by atoms with Crippen LogP contribution < -0.4 is 26.2 Å². The van der Waals surface area contributed by atoms with Crippen molar-refractivity contribution in [2.24, 2.45) is 0 Å². The van der Waals surface area contributed by atoms with Gasteiger partial charge in [-0.1, -0.05) is 56.3 Å². The number of carboxylic acid groups (broad SMARTS) is 1. The summed E-state index contributed by atoms with van der Waals surface area (Å²) in [6.45, 7) is 8.82. The average Bonchev–Trinajstić information content (AvgIpc) is 3.50. The normalized spacial score (nSPS) is 16.7. The van der Waals surface area contributed by atoms with Crippen LogP contribution in [0, 0.1) is 20.2 Å². The lowest BCUT2D eigenvalue weighted by molar-refractivity contribution is -0.437. The zero-order valence-electron chi connectivity index (χ0n) is 31.1. The number of nitro benzene ring substituents is 2. The summed E-state index contributed by atoms with van der Waals surface area (Å²) in [6, 6.07) is 22.9. The Bertz CT molecular complexity index is 2600. The van der Waals surface area contributed by atoms with Crippen molar-refractivity contribution in [3.63, 3.8) is 0 Å². The van der Waals surface area contributed by atoms with E-state index in [4.69, 9.17) is 5.11 Å². The topological polar surface area (TPSA) is 164 Å². The third kappa shape index (κ3) is 6.41. The Balaban J connectivity index is 1.32. The second kappa shape index (κ2) is 13.8. The molecule has 55 heavy (non-hydrogen) atoms. The summed E-state index contributed by atoms with van der Waals surface area (Å²) >= 11 is 0. The molecule has 2 aliphatic rings. The van der Waals surface area contributed by atoms with E-state index in [1.165, 1.54) is 12.1 Å². The SMILES string of the molecule is CC1(C)C(C=c2c(=O)c(=CC3N(Cc4cc([N+](=O)[O-])cc([N+](=O)[O-])c4)c4ccccc4C3(C)C)c2=O)=[N+](CCCCCC(=O)O)c2ccc3ccccc3c21. The van der Waals surface area contributed by atoms with Crippen LogP contribution in [0.3, 0.4) is 0 Å². The summed E-state index contributed by atoms with van der Waals surface area (Å²) in [7, 11) is 0. The highest BCUT2D eigenvalue weighted by molar-refractivity contribution is 6.17. The molecule has 0 saturated heterocycles. The van der Waals surface area contributed by atoms with E-state index in [2.05, 4.69) is 42.7 Å². The summed E-state index contributed by atoms with van der Waals surface area (Å²) in [4.78, 5) is 63.3. The van der Waals surface area contributed by atoms with Crippen molar-refractivity contribution in [3.05, 3.63) is 147 Å². The summed E-state index contributed by atoms with van der Waals surface area (Å²) in [5.74, 6) is -0.831. The number of carboxylic acids is 1. The Labute approximate surface area is 316 Å². The van der Waals surface area contributed by atoms with Crippen LogP contribution in [0.15, 0.2) is 88.5 Å². The first kappa shape index (κ1) is 37.0. The van der Waals surface area contributed by atoms with Crippen molar-refractivity contribution >= 4 is 57.4 Å². The van der Waals surface area contributed by atoms with E-state index < -0.39 is 44.1 Å². The Morgan fingerprint density at radius 3 is 2.18 bits per heavy atom. The van der Waals surface area contributed by atoms with Crippen LogP contribution in [0.4, 0.5) is 22.7 Å². The van der Waals surface area contributed by atoms with Crippen LogP contribution in [0.1, 0.15) is 70.1 Å². The van der Waals surface area contributed by atoms with Gasteiger partial charge in [0.15, 0.2) is 5.71 Å². The molecule has 0 radical (unpaired) electrons. The molecule has 2 heterocycles. The fraction of sp³-hybridized carbons (Fsp3) is 0.302. The predicted octanol–water partition coefficient (Wildman–Crippen LogP) is 5.90. The number of carbonyl (C=O) groups is 1. The minimum Gasteiger partial charge on any atom is -0.481 e. The number of rotatable bonds is 12. The Hall–Kier alpha value is -6.30. The van der Waals surface area contributed by atoms with Gasteiger partial charge in [-0.15, -0.1) is 0 Å². The molecule has 0 aromatic heterocycles. The number of hydrogen-bond acceptors (Lipinski definition) is 8. The second-order valence-corrected chi connectivity index (χ2v) is 15.5. The highest BCUT2D eigenvalue weighted by Gasteiger charge is 2.46. The zero-order valence-corrected chi connectivity index (χ0v) is 31.1. The van der Waals surface area contributed by atoms with Crippen molar-refractivity contribution in [1.82, 2.24) is 0 Å². The predicted molar refractivity (Wildman–Crippen MR) is 212 cm³/mol. The van der Waals surface area contributed by atoms with E-state index in [1.807, 2.05) is 55.1 Å². The van der Waals surface area contributed by atoms with Crippen molar-refractivity contribution in [1.29, 1.82) is 0 Å². The monoisotopic (exact) mass is 741 g/mol. The van der Waals surface area contributed by atoms with E-state index in [1.54, 1.807) is 12.2 Å². The quantitative estimate of drug-likeness (QED) is 0.0710. The van der Waals surface area contributed by atoms with E-state index in [0.29, 0.717) is 24.9 Å². The van der Waals surface area contributed by atoms with Gasteiger partial charge in [0.25, 0.3) is 11.4 Å². The molecule has 1 unspecified atom stereocenters. The van der Waals surface area contributed by atoms with Gasteiger partial charge in [-0.25, -0.2) is 0 Å². The molecule has 2 aliphatic heterocycles. The number of hydrogen-bond donors (Lipinski definition) is 1. The molecule has 5 aromatic carbocycles. The van der Waals surface area contributed by atoms with Crippen LogP contribution in [0.5, 0.6) is 0 Å². The maximum absolute atomic E-state index is 14.1. The number of unbranched alkanes of at least 4 members (excludes halogenated alkanes) is 2. The van der Waals surface area contributed by atoms with Crippen molar-refractivity contribution < 1.29 is 24.3 Å². The molecule has 1 atom stereocenters. The van der Waals surface area contributed by atoms with Crippen LogP contribution in [0.2, 0.25) is 0 Å². The van der Waals surface area contributed by atoms with Crippen LogP contribution in [-0.4, -0.2) is 43.8 Å². The maximum atomic E-state index is 14.1. The molecule has 0 bridgehead atoms. The number of anilines is 1. The van der Waals surface area contributed by atoms with Gasteiger partial charge in [-0.05, 0) is 66.8 Å². The molecule has 0 amide bonds. The van der Waals surface area contributed by atoms with Gasteiger partial charge in [0.2, 0.25) is 16.5 Å². The summed E-state index contributed by atoms with van der Waals surface area (Å²) in [6.07, 6.45) is 5.48. The molecule has 5 aromatic rings. The second-order valence-electron chi connectivity index (χ2n) is 15.5. The van der Waals surface area contributed by atoms with Gasteiger partial charge >= 0.3 is 5.97 Å². The molecule has 12 nitrogen and oxygen atoms in total. The molecule has 0 spiro atoms. The number of non-ortho nitro benzene ring substituents is 2. The maximum Gasteiger partial charge on any atom is 0.303 e. The van der Waals surface area contributed by atoms with Crippen molar-refractivity contribution in [2.45, 2.75) is 76.8 Å². The van der Waals surface area contributed by atoms with E-state index >= 15 is 0 Å². The largest absolute Gasteiger partial charge is 0.481 e. The average molecular weight is 742 g/mol. The van der Waals surface area contributed by atoms with E-state index in [9.17, 15) is 34.6 Å². The lowest BCUT2D eigenvalue weighted by Gasteiger charge is -2.32. The number of fused-ring (bicyclic) bond motifs is 4. The minimum atomic E-state index is -0.831. The van der Waals surface area contributed by atoms with E-state index in [-0.39, 0.29) is 34.3 Å². The molecular weight excluding hydrogens is 700 g/mol. The lowest BCUT2D eigenvalue weighted by Crippen LogP contribution is -2.66. The minimum absolute atomic E-state index is 0.0479. The molecule has 12 heteroatoms. The van der Waals surface area contributed by atoms with Gasteiger partial charge < -0.3 is 10.0 Å². The molecule has 7 rings (SSSR count). The summed E-state index contributed by atoms with van der Waals surface area (Å²) in [5.41, 5.74) is 2.24. The molecule has 0 saturated carbocycles. The van der Waals surface area contributed by atoms with Crippen molar-refractivity contribution in [3.8, 4) is 0 Å². The lowest BCUT2D eigenvalue weighted by atomic mass is 9.78. The molecular formula is C43H41N4O8+. The molecule has 0 aliphatic carbocycles. The number of nitrogens with zero attached hydrogens (tertiary/aromatic N) is 4. The van der Waals surface area contributed by atoms with Gasteiger partial charge in [0, 0.05) is 60.3 Å². The Morgan fingerprint density at radius 2 is 1.51 bits per heavy atom. The first-order valence-corrected chi connectivity index (χ1v) is 18.3. The smallest absolute Gasteiger partial charge is 0.303 e. The van der Waals surface area contributed by atoms with Crippen LogP contribution >= 0.6 is 0 Å². The van der Waals surface area contributed by atoms with Gasteiger partial charge in [0.05, 0.1) is 37.8 Å². The van der Waals surface area contributed by atoms with Crippen molar-refractivity contribution in [2.75, 3.05) is 11.4 Å². The first-order chi connectivity index (χ1) is 26.1. The third-order valence-corrected chi connectivity index (χ3v) is 11.3. The standard InChI is InChI=1S/C43H40N4O8/c1-42(2)33-14-9-10-15-34(33)45(25-26-20-28(46(52)53)22-29(21-26)47(54)55)36(42)23-31-40(50)32(41(31)51)24-37-43(3,4)39-30-13-8-7-12-27(30)17-18-35(39)44(37)19-11-5-6-16-38(48)49/h7-10,12-15,17-18,20-24,36H,5-6,11,16,19,25H2,1-4H3/p+1. The van der Waals surface area contributed by atoms with Gasteiger partial charge in [0.1, 0.15) is 6.54 Å². The van der Waals surface area contributed by atoms with Crippen LogP contribution in [-0.2, 0) is 22.2 Å². The number of aliphatic carboxylic acids is 1. The Morgan fingerprint density at radius 1 is 0.855 bits per heavy atom. The molecule has 0 fully saturated rings. The Kier molecular flexibility index (Phi) is 9.32. The third-order valence-electron chi connectivity index (χ3n) is 11.3. The number of nitro groups is 2. The molecule has 280 valence electrons. The summed E-state index contributed by atoms with van der Waals surface area (Å²) in [5, 5.41) is 34.8. The number of para-hydroxylation sites is 1. The fourth-order valence-electron chi connectivity index (χ4n) is 8.57.